The SMILES string of the molecule is O=C(O)CN(CCN(CC(=O)O)CC(=O)O)CC(=O)O.[Cu].[Zn]. The summed E-state index contributed by atoms with van der Waals surface area (Å²) < 4.78 is 0. The first-order valence-electron chi connectivity index (χ1n) is 5.52. The third-order valence-corrected chi connectivity index (χ3v) is 2.17. The van der Waals surface area contributed by atoms with Gasteiger partial charge in [0.15, 0.2) is 0 Å². The van der Waals surface area contributed by atoms with Crippen LogP contribution in [-0.4, -0.2) is 93.4 Å². The average molecular weight is 421 g/mol. The topological polar surface area (TPSA) is 156 Å². The predicted octanol–water partition coefficient (Wildman–Crippen LogP) is -2.08. The fourth-order valence-electron chi connectivity index (χ4n) is 1.48. The van der Waals surface area contributed by atoms with Crippen LogP contribution in [0.5, 0.6) is 0 Å². The molecule has 0 rings (SSSR count). The number of carboxylic acid groups (broad SMARTS) is 4. The molecule has 0 saturated heterocycles. The second-order valence-corrected chi connectivity index (χ2v) is 4.00. The summed E-state index contributed by atoms with van der Waals surface area (Å²) in [5.74, 6) is -4.91. The molecule has 0 aromatic heterocycles. The average Bonchev–Trinajstić information content (AvgIpc) is 2.22. The molecular weight excluding hydrogens is 405 g/mol. The number of rotatable bonds is 11. The summed E-state index contributed by atoms with van der Waals surface area (Å²) in [5, 5.41) is 34.5. The van der Waals surface area contributed by atoms with Gasteiger partial charge in [-0.2, -0.15) is 0 Å². The van der Waals surface area contributed by atoms with Crippen LogP contribution in [0.3, 0.4) is 0 Å². The van der Waals surface area contributed by atoms with Crippen molar-refractivity contribution in [2.45, 2.75) is 0 Å². The van der Waals surface area contributed by atoms with Crippen molar-refractivity contribution in [3.05, 3.63) is 0 Å². The van der Waals surface area contributed by atoms with Gasteiger partial charge in [-0.1, -0.05) is 0 Å². The smallest absolute Gasteiger partial charge is 0.317 e. The van der Waals surface area contributed by atoms with Gasteiger partial charge in [0.2, 0.25) is 0 Å². The fraction of sp³-hybridized carbons (Fsp3) is 0.600. The zero-order chi connectivity index (χ0) is 15.7. The largest absolute Gasteiger partial charge is 0.480 e. The Kier molecular flexibility index (Phi) is 16.0. The third kappa shape index (κ3) is 15.3. The Morgan fingerprint density at radius 3 is 0.909 bits per heavy atom. The maximum absolute atomic E-state index is 10.6. The van der Waals surface area contributed by atoms with E-state index in [4.69, 9.17) is 20.4 Å². The Morgan fingerprint density at radius 2 is 0.773 bits per heavy atom. The van der Waals surface area contributed by atoms with Gasteiger partial charge in [0, 0.05) is 49.6 Å². The minimum absolute atomic E-state index is 0. The molecule has 0 saturated carbocycles. The first-order chi connectivity index (χ1) is 9.20. The van der Waals surface area contributed by atoms with E-state index in [1.165, 1.54) is 0 Å². The van der Waals surface area contributed by atoms with Crippen LogP contribution >= 0.6 is 0 Å². The van der Waals surface area contributed by atoms with E-state index >= 15 is 0 Å². The van der Waals surface area contributed by atoms with Crippen LogP contribution in [0.1, 0.15) is 0 Å². The molecule has 0 amide bonds. The Bertz CT molecular complexity index is 327. The summed E-state index contributed by atoms with van der Waals surface area (Å²) in [6.07, 6.45) is 0. The standard InChI is InChI=1S/C10H16N2O8.Cu.Zn/c13-7(14)3-11(4-8(15)16)1-2-12(5-9(17)18)6-10(19)20;;/h1-6H2,(H,13,14)(H,15,16)(H,17,18)(H,19,20);;. The third-order valence-electron chi connectivity index (χ3n) is 2.17. The molecule has 12 heteroatoms. The molecule has 0 aromatic rings. The number of hydrogen-bond acceptors (Lipinski definition) is 6. The number of aliphatic carboxylic acids is 4. The molecule has 0 aliphatic carbocycles. The van der Waals surface area contributed by atoms with Crippen molar-refractivity contribution in [2.75, 3.05) is 39.3 Å². The van der Waals surface area contributed by atoms with Crippen LogP contribution in [0.15, 0.2) is 0 Å². The first kappa shape index (κ1) is 25.9. The summed E-state index contributed by atoms with van der Waals surface area (Å²) in [4.78, 5) is 44.4. The molecule has 10 nitrogen and oxygen atoms in total. The van der Waals surface area contributed by atoms with Gasteiger partial charge in [0.25, 0.3) is 0 Å². The molecule has 22 heavy (non-hydrogen) atoms. The minimum Gasteiger partial charge on any atom is -0.480 e. The van der Waals surface area contributed by atoms with Crippen molar-refractivity contribution < 1.29 is 76.2 Å². The molecule has 0 aromatic carbocycles. The molecule has 0 aliphatic heterocycles. The van der Waals surface area contributed by atoms with Gasteiger partial charge in [-0.15, -0.1) is 0 Å². The van der Waals surface area contributed by atoms with Crippen molar-refractivity contribution in [2.24, 2.45) is 0 Å². The first-order valence-corrected chi connectivity index (χ1v) is 5.52. The molecule has 0 fully saturated rings. The predicted molar refractivity (Wildman–Crippen MR) is 63.4 cm³/mol. The molecule has 4 N–H and O–H groups in total. The summed E-state index contributed by atoms with van der Waals surface area (Å²) in [5.41, 5.74) is 0. The van der Waals surface area contributed by atoms with E-state index in [0.29, 0.717) is 0 Å². The maximum atomic E-state index is 10.6. The quantitative estimate of drug-likeness (QED) is 0.273. The second-order valence-electron chi connectivity index (χ2n) is 4.00. The molecule has 0 spiro atoms. The Labute approximate surface area is 149 Å². The van der Waals surface area contributed by atoms with Crippen LogP contribution in [0, 0.1) is 0 Å². The Morgan fingerprint density at radius 1 is 0.591 bits per heavy atom. The van der Waals surface area contributed by atoms with Crippen LogP contribution in [-0.2, 0) is 55.7 Å². The van der Waals surface area contributed by atoms with Crippen LogP contribution in [0.4, 0.5) is 0 Å². The van der Waals surface area contributed by atoms with Gasteiger partial charge in [-0.25, -0.2) is 0 Å². The summed E-state index contributed by atoms with van der Waals surface area (Å²) in [6, 6.07) is 0. The van der Waals surface area contributed by atoms with E-state index in [1.54, 1.807) is 0 Å². The monoisotopic (exact) mass is 419 g/mol. The van der Waals surface area contributed by atoms with Gasteiger partial charge >= 0.3 is 23.9 Å². The number of hydrogen-bond donors (Lipinski definition) is 4. The molecule has 0 heterocycles. The van der Waals surface area contributed by atoms with Crippen molar-refractivity contribution in [3.63, 3.8) is 0 Å². The number of nitrogens with zero attached hydrogens (tertiary/aromatic N) is 2. The molecular formula is C10H16CuN2O8Zn. The molecule has 127 valence electrons. The summed E-state index contributed by atoms with van der Waals surface area (Å²) >= 11 is 0. The second kappa shape index (κ2) is 13.6. The summed E-state index contributed by atoms with van der Waals surface area (Å²) in [6.45, 7) is -2.25. The van der Waals surface area contributed by atoms with Gasteiger partial charge < -0.3 is 20.4 Å². The van der Waals surface area contributed by atoms with Crippen LogP contribution < -0.4 is 0 Å². The molecule has 1 radical (unpaired) electrons. The van der Waals surface area contributed by atoms with Gasteiger partial charge in [0.1, 0.15) is 0 Å². The molecule has 0 aliphatic rings. The van der Waals surface area contributed by atoms with Crippen molar-refractivity contribution in [1.82, 2.24) is 9.80 Å². The normalized spacial score (nSPS) is 9.73. The molecule has 0 unspecified atom stereocenters. The van der Waals surface area contributed by atoms with Gasteiger partial charge in [-0.3, -0.25) is 29.0 Å². The van der Waals surface area contributed by atoms with Crippen molar-refractivity contribution in [3.8, 4) is 0 Å². The number of carbonyl (C=O) groups is 4. The number of carboxylic acids is 4. The minimum atomic E-state index is -1.23. The van der Waals surface area contributed by atoms with E-state index in [9.17, 15) is 19.2 Å². The van der Waals surface area contributed by atoms with Gasteiger partial charge in [0.05, 0.1) is 26.2 Å². The van der Waals surface area contributed by atoms with Crippen molar-refractivity contribution in [1.29, 1.82) is 0 Å². The maximum Gasteiger partial charge on any atom is 0.317 e. The zero-order valence-corrected chi connectivity index (χ0v) is 15.5. The van der Waals surface area contributed by atoms with Crippen molar-refractivity contribution >= 4 is 23.9 Å². The van der Waals surface area contributed by atoms with Crippen LogP contribution in [0.25, 0.3) is 0 Å². The zero-order valence-electron chi connectivity index (χ0n) is 11.6. The Balaban J connectivity index is -0.00000180. The summed E-state index contributed by atoms with van der Waals surface area (Å²) in [7, 11) is 0. The molecule has 0 atom stereocenters. The van der Waals surface area contributed by atoms with E-state index in [-0.39, 0.29) is 49.6 Å². The van der Waals surface area contributed by atoms with E-state index in [0.717, 1.165) is 9.80 Å². The van der Waals surface area contributed by atoms with E-state index in [1.807, 2.05) is 0 Å². The van der Waals surface area contributed by atoms with Gasteiger partial charge in [-0.05, 0) is 0 Å². The van der Waals surface area contributed by atoms with E-state index in [2.05, 4.69) is 0 Å². The van der Waals surface area contributed by atoms with Crippen LogP contribution in [0.2, 0.25) is 0 Å². The van der Waals surface area contributed by atoms with E-state index < -0.39 is 50.1 Å². The molecule has 0 bridgehead atoms. The fourth-order valence-corrected chi connectivity index (χ4v) is 1.48. The Hall–Kier alpha value is -1.06.